The van der Waals surface area contributed by atoms with Crippen LogP contribution in [0, 0.1) is 5.41 Å². The summed E-state index contributed by atoms with van der Waals surface area (Å²) in [5, 5.41) is 0. The highest BCUT2D eigenvalue weighted by atomic mass is 16.6. The summed E-state index contributed by atoms with van der Waals surface area (Å²) in [6.45, 7) is 13.7. The summed E-state index contributed by atoms with van der Waals surface area (Å²) in [7, 11) is 0. The third-order valence-electron chi connectivity index (χ3n) is 6.89. The zero-order valence-electron chi connectivity index (χ0n) is 19.4. The van der Waals surface area contributed by atoms with Crippen molar-refractivity contribution in [1.82, 2.24) is 0 Å². The van der Waals surface area contributed by atoms with Gasteiger partial charge in [0, 0.05) is 5.41 Å². The van der Waals surface area contributed by atoms with Gasteiger partial charge in [-0.3, -0.25) is 0 Å². The van der Waals surface area contributed by atoms with Gasteiger partial charge in [-0.05, 0) is 53.6 Å². The van der Waals surface area contributed by atoms with Gasteiger partial charge in [0.15, 0.2) is 0 Å². The highest BCUT2D eigenvalue weighted by Crippen LogP contribution is 2.34. The van der Waals surface area contributed by atoms with Gasteiger partial charge in [0.1, 0.15) is 24.2 Å². The predicted molar refractivity (Wildman–Crippen MR) is 124 cm³/mol. The van der Waals surface area contributed by atoms with Crippen molar-refractivity contribution in [3.63, 3.8) is 0 Å². The normalized spacial score (nSPS) is 16.4. The molecule has 30 heavy (non-hydrogen) atoms. The molecule has 0 bridgehead atoms. The Balaban J connectivity index is 1.53. The molecule has 1 aliphatic rings. The highest BCUT2D eigenvalue weighted by Gasteiger charge is 2.25. The van der Waals surface area contributed by atoms with Crippen molar-refractivity contribution in [3.05, 3.63) is 59.7 Å². The van der Waals surface area contributed by atoms with E-state index < -0.39 is 0 Å². The molecule has 3 nitrogen and oxygen atoms in total. The standard InChI is InChI=1S/C27H38O3/c1-6-27(5,7-2)17-8-18-28-23-13-9-21(10-14-23)26(3,4)22-11-15-24(16-12-22)29-19-25-20-30-25/h9-16,25H,6-8,17-20H2,1-5H3. The van der Waals surface area contributed by atoms with Crippen LogP contribution in [0.2, 0.25) is 0 Å². The van der Waals surface area contributed by atoms with Gasteiger partial charge in [-0.15, -0.1) is 0 Å². The van der Waals surface area contributed by atoms with Crippen molar-refractivity contribution < 1.29 is 14.2 Å². The predicted octanol–water partition coefficient (Wildman–Crippen LogP) is 6.78. The fourth-order valence-electron chi connectivity index (χ4n) is 3.75. The van der Waals surface area contributed by atoms with Gasteiger partial charge in [0.2, 0.25) is 0 Å². The van der Waals surface area contributed by atoms with Crippen molar-refractivity contribution in [2.24, 2.45) is 5.41 Å². The molecule has 1 saturated heterocycles. The molecule has 0 saturated carbocycles. The van der Waals surface area contributed by atoms with E-state index in [9.17, 15) is 0 Å². The first-order valence-corrected chi connectivity index (χ1v) is 11.4. The lowest BCUT2D eigenvalue weighted by molar-refractivity contribution is 0.227. The average Bonchev–Trinajstić information content (AvgIpc) is 3.60. The van der Waals surface area contributed by atoms with Crippen molar-refractivity contribution in [1.29, 1.82) is 0 Å². The van der Waals surface area contributed by atoms with Crippen LogP contribution in [-0.4, -0.2) is 25.9 Å². The quantitative estimate of drug-likeness (QED) is 0.285. The van der Waals surface area contributed by atoms with E-state index >= 15 is 0 Å². The van der Waals surface area contributed by atoms with Gasteiger partial charge in [-0.1, -0.05) is 71.7 Å². The lowest BCUT2D eigenvalue weighted by atomic mass is 9.78. The molecule has 164 valence electrons. The molecule has 3 heteroatoms. The largest absolute Gasteiger partial charge is 0.494 e. The molecule has 0 aliphatic carbocycles. The van der Waals surface area contributed by atoms with Gasteiger partial charge in [0.25, 0.3) is 0 Å². The summed E-state index contributed by atoms with van der Waals surface area (Å²) in [6.07, 6.45) is 5.07. The number of benzene rings is 2. The Morgan fingerprint density at radius 2 is 1.33 bits per heavy atom. The van der Waals surface area contributed by atoms with E-state index in [2.05, 4.69) is 83.1 Å². The van der Waals surface area contributed by atoms with Crippen LogP contribution in [0.5, 0.6) is 11.5 Å². The zero-order chi connectivity index (χ0) is 21.6. The minimum absolute atomic E-state index is 0.0826. The molecule has 1 heterocycles. The summed E-state index contributed by atoms with van der Waals surface area (Å²) in [6, 6.07) is 17.0. The third-order valence-corrected chi connectivity index (χ3v) is 6.89. The van der Waals surface area contributed by atoms with E-state index in [1.165, 1.54) is 30.4 Å². The molecule has 2 aromatic rings. The second-order valence-electron chi connectivity index (χ2n) is 9.41. The Morgan fingerprint density at radius 1 is 0.833 bits per heavy atom. The van der Waals surface area contributed by atoms with Gasteiger partial charge in [-0.25, -0.2) is 0 Å². The Bertz CT molecular complexity index is 769. The molecular formula is C27H38O3. The van der Waals surface area contributed by atoms with Crippen LogP contribution in [0.3, 0.4) is 0 Å². The van der Waals surface area contributed by atoms with E-state index in [1.54, 1.807) is 0 Å². The van der Waals surface area contributed by atoms with Crippen molar-refractivity contribution in [2.45, 2.75) is 71.8 Å². The molecular weight excluding hydrogens is 372 g/mol. The molecule has 1 aliphatic heterocycles. The molecule has 1 unspecified atom stereocenters. The molecule has 1 atom stereocenters. The molecule has 0 amide bonds. The highest BCUT2D eigenvalue weighted by molar-refractivity contribution is 5.41. The molecule has 0 N–H and O–H groups in total. The van der Waals surface area contributed by atoms with Gasteiger partial charge >= 0.3 is 0 Å². The van der Waals surface area contributed by atoms with Crippen LogP contribution >= 0.6 is 0 Å². The van der Waals surface area contributed by atoms with E-state index in [4.69, 9.17) is 14.2 Å². The molecule has 2 aromatic carbocycles. The number of epoxide rings is 1. The first-order valence-electron chi connectivity index (χ1n) is 11.4. The lowest BCUT2D eigenvalue weighted by Gasteiger charge is -2.27. The first-order chi connectivity index (χ1) is 14.4. The zero-order valence-corrected chi connectivity index (χ0v) is 19.4. The van der Waals surface area contributed by atoms with Crippen LogP contribution in [-0.2, 0) is 10.2 Å². The topological polar surface area (TPSA) is 31.0 Å². The van der Waals surface area contributed by atoms with Crippen LogP contribution in [0.4, 0.5) is 0 Å². The Morgan fingerprint density at radius 3 is 1.80 bits per heavy atom. The summed E-state index contributed by atoms with van der Waals surface area (Å²) in [4.78, 5) is 0. The third kappa shape index (κ3) is 6.01. The Kier molecular flexibility index (Phi) is 7.46. The second kappa shape index (κ2) is 9.87. The number of hydrogen-bond donors (Lipinski definition) is 0. The summed E-state index contributed by atoms with van der Waals surface area (Å²) in [5.74, 6) is 1.85. The van der Waals surface area contributed by atoms with E-state index in [0.717, 1.165) is 31.1 Å². The van der Waals surface area contributed by atoms with Gasteiger partial charge < -0.3 is 14.2 Å². The fraction of sp³-hybridized carbons (Fsp3) is 0.556. The van der Waals surface area contributed by atoms with E-state index in [0.29, 0.717) is 12.0 Å². The second-order valence-corrected chi connectivity index (χ2v) is 9.41. The number of rotatable bonds is 12. The molecule has 1 fully saturated rings. The summed E-state index contributed by atoms with van der Waals surface area (Å²) in [5.41, 5.74) is 2.91. The van der Waals surface area contributed by atoms with Crippen LogP contribution < -0.4 is 9.47 Å². The fourth-order valence-corrected chi connectivity index (χ4v) is 3.75. The van der Waals surface area contributed by atoms with Gasteiger partial charge in [-0.2, -0.15) is 0 Å². The van der Waals surface area contributed by atoms with Crippen molar-refractivity contribution in [3.8, 4) is 11.5 Å². The smallest absolute Gasteiger partial charge is 0.119 e. The summed E-state index contributed by atoms with van der Waals surface area (Å²) >= 11 is 0. The van der Waals surface area contributed by atoms with Crippen LogP contribution in [0.15, 0.2) is 48.5 Å². The van der Waals surface area contributed by atoms with Crippen molar-refractivity contribution >= 4 is 0 Å². The molecule has 0 spiro atoms. The monoisotopic (exact) mass is 410 g/mol. The van der Waals surface area contributed by atoms with E-state index in [-0.39, 0.29) is 11.5 Å². The number of hydrogen-bond acceptors (Lipinski definition) is 3. The maximum absolute atomic E-state index is 6.00. The Hall–Kier alpha value is -2.00. The minimum Gasteiger partial charge on any atom is -0.494 e. The van der Waals surface area contributed by atoms with Crippen LogP contribution in [0.1, 0.15) is 71.4 Å². The molecule has 0 aromatic heterocycles. The van der Waals surface area contributed by atoms with Crippen molar-refractivity contribution in [2.75, 3.05) is 19.8 Å². The van der Waals surface area contributed by atoms with E-state index in [1.807, 2.05) is 0 Å². The minimum atomic E-state index is -0.0826. The molecule has 3 rings (SSSR count). The lowest BCUT2D eigenvalue weighted by Crippen LogP contribution is -2.18. The SMILES string of the molecule is CCC(C)(CC)CCCOc1ccc(C(C)(C)c2ccc(OCC3CO3)cc2)cc1. The maximum Gasteiger partial charge on any atom is 0.119 e. The van der Waals surface area contributed by atoms with Crippen LogP contribution in [0.25, 0.3) is 0 Å². The summed E-state index contributed by atoms with van der Waals surface area (Å²) < 4.78 is 17.0. The molecule has 0 radical (unpaired) electrons. The number of ether oxygens (including phenoxy) is 3. The maximum atomic E-state index is 6.00. The first kappa shape index (κ1) is 22.7. The van der Waals surface area contributed by atoms with Gasteiger partial charge in [0.05, 0.1) is 13.2 Å². The average molecular weight is 411 g/mol. The Labute approximate surface area is 182 Å².